The van der Waals surface area contributed by atoms with Gasteiger partial charge in [0.2, 0.25) is 0 Å². The van der Waals surface area contributed by atoms with E-state index in [4.69, 9.17) is 17.0 Å². The van der Waals surface area contributed by atoms with Gasteiger partial charge >= 0.3 is 12.3 Å². The van der Waals surface area contributed by atoms with E-state index in [0.29, 0.717) is 5.70 Å². The van der Waals surface area contributed by atoms with Crippen molar-refractivity contribution >= 4 is 23.3 Å². The molecular weight excluding hydrogens is 333 g/mol. The van der Waals surface area contributed by atoms with Gasteiger partial charge < -0.3 is 20.1 Å². The quantitative estimate of drug-likeness (QED) is 0.648. The molecule has 1 aromatic rings. The summed E-state index contributed by atoms with van der Waals surface area (Å²) in [5.41, 5.74) is 0.639. The molecule has 1 heterocycles. The number of hydrogen-bond donors (Lipinski definition) is 2. The first-order valence-electron chi connectivity index (χ1n) is 6.44. The number of benzene rings is 1. The van der Waals surface area contributed by atoms with Crippen LogP contribution in [0.2, 0.25) is 0 Å². The van der Waals surface area contributed by atoms with E-state index in [1.54, 1.807) is 6.92 Å². The molecule has 2 N–H and O–H groups in total. The summed E-state index contributed by atoms with van der Waals surface area (Å²) in [7, 11) is 1.19. The number of rotatable bonds is 3. The fourth-order valence-corrected chi connectivity index (χ4v) is 2.52. The Morgan fingerprint density at radius 3 is 2.57 bits per heavy atom. The maximum atomic E-state index is 12.6. The molecule has 0 fully saturated rings. The number of para-hydroxylation sites is 1. The SMILES string of the molecule is COC(=O)C1=C(C)NC(=S)NC1c1ccccc1OC(F)(F)F. The normalized spacial score (nSPS) is 18.1. The minimum atomic E-state index is -4.85. The van der Waals surface area contributed by atoms with Gasteiger partial charge in [-0.05, 0) is 25.2 Å². The number of ether oxygens (including phenoxy) is 2. The molecule has 124 valence electrons. The van der Waals surface area contributed by atoms with E-state index in [1.165, 1.54) is 31.4 Å². The Morgan fingerprint density at radius 1 is 1.30 bits per heavy atom. The van der Waals surface area contributed by atoms with Crippen LogP contribution in [0.5, 0.6) is 5.75 Å². The number of halogens is 3. The van der Waals surface area contributed by atoms with Crippen LogP contribution in [0.25, 0.3) is 0 Å². The smallest absolute Gasteiger partial charge is 0.466 e. The van der Waals surface area contributed by atoms with Crippen LogP contribution in [0, 0.1) is 0 Å². The third kappa shape index (κ3) is 3.92. The summed E-state index contributed by atoms with van der Waals surface area (Å²) in [5, 5.41) is 5.70. The molecule has 5 nitrogen and oxygen atoms in total. The topological polar surface area (TPSA) is 59.6 Å². The molecule has 1 aliphatic heterocycles. The Morgan fingerprint density at radius 2 is 1.96 bits per heavy atom. The van der Waals surface area contributed by atoms with Crippen molar-refractivity contribution in [2.45, 2.75) is 19.3 Å². The Balaban J connectivity index is 2.52. The van der Waals surface area contributed by atoms with Crippen molar-refractivity contribution in [1.82, 2.24) is 10.6 Å². The number of carbonyl (C=O) groups is 1. The molecule has 2 rings (SSSR count). The van der Waals surface area contributed by atoms with Crippen LogP contribution in [0.3, 0.4) is 0 Å². The number of nitrogens with one attached hydrogen (secondary N) is 2. The Hall–Kier alpha value is -2.29. The fourth-order valence-electron chi connectivity index (χ4n) is 2.24. The largest absolute Gasteiger partial charge is 0.573 e. The lowest BCUT2D eigenvalue weighted by Gasteiger charge is -2.30. The number of esters is 1. The average molecular weight is 346 g/mol. The van der Waals surface area contributed by atoms with E-state index in [1.807, 2.05) is 0 Å². The summed E-state index contributed by atoms with van der Waals surface area (Å²) in [5.74, 6) is -1.10. The molecule has 0 amide bonds. The summed E-state index contributed by atoms with van der Waals surface area (Å²) in [4.78, 5) is 12.0. The van der Waals surface area contributed by atoms with Crippen LogP contribution in [0.1, 0.15) is 18.5 Å². The van der Waals surface area contributed by atoms with Crippen molar-refractivity contribution < 1.29 is 27.4 Å². The van der Waals surface area contributed by atoms with Crippen molar-refractivity contribution in [2.75, 3.05) is 7.11 Å². The molecular formula is C14H13F3N2O3S. The van der Waals surface area contributed by atoms with E-state index in [0.717, 1.165) is 0 Å². The van der Waals surface area contributed by atoms with Gasteiger partial charge in [-0.15, -0.1) is 13.2 Å². The molecule has 0 spiro atoms. The molecule has 0 aliphatic carbocycles. The first kappa shape index (κ1) is 17.1. The number of hydrogen-bond acceptors (Lipinski definition) is 4. The van der Waals surface area contributed by atoms with E-state index >= 15 is 0 Å². The molecule has 0 saturated heterocycles. The minimum absolute atomic E-state index is 0.119. The summed E-state index contributed by atoms with van der Waals surface area (Å²) >= 11 is 5.02. The highest BCUT2D eigenvalue weighted by atomic mass is 32.1. The molecule has 1 unspecified atom stereocenters. The van der Waals surface area contributed by atoms with E-state index < -0.39 is 24.1 Å². The molecule has 23 heavy (non-hydrogen) atoms. The Kier molecular flexibility index (Phi) is 4.79. The second-order valence-corrected chi connectivity index (χ2v) is 5.06. The van der Waals surface area contributed by atoms with Crippen LogP contribution < -0.4 is 15.4 Å². The lowest BCUT2D eigenvalue weighted by molar-refractivity contribution is -0.274. The third-order valence-electron chi connectivity index (χ3n) is 3.13. The van der Waals surface area contributed by atoms with Gasteiger partial charge in [0.1, 0.15) is 5.75 Å². The monoisotopic (exact) mass is 346 g/mol. The van der Waals surface area contributed by atoms with Crippen LogP contribution in [0.15, 0.2) is 35.5 Å². The van der Waals surface area contributed by atoms with Gasteiger partial charge in [0.25, 0.3) is 0 Å². The van der Waals surface area contributed by atoms with Crippen LogP contribution >= 0.6 is 12.2 Å². The van der Waals surface area contributed by atoms with Crippen molar-refractivity contribution in [1.29, 1.82) is 0 Å². The zero-order valence-corrected chi connectivity index (χ0v) is 13.0. The van der Waals surface area contributed by atoms with Gasteiger partial charge in [-0.25, -0.2) is 4.79 Å². The zero-order chi connectivity index (χ0) is 17.2. The van der Waals surface area contributed by atoms with Gasteiger partial charge in [0.15, 0.2) is 5.11 Å². The highest BCUT2D eigenvalue weighted by Gasteiger charge is 2.36. The van der Waals surface area contributed by atoms with Gasteiger partial charge in [-0.2, -0.15) is 0 Å². The van der Waals surface area contributed by atoms with Gasteiger partial charge in [0.05, 0.1) is 18.7 Å². The second kappa shape index (κ2) is 6.45. The second-order valence-electron chi connectivity index (χ2n) is 4.65. The first-order valence-corrected chi connectivity index (χ1v) is 6.85. The van der Waals surface area contributed by atoms with Crippen molar-refractivity contribution in [3.05, 3.63) is 41.1 Å². The molecule has 9 heteroatoms. The summed E-state index contributed by atoms with van der Waals surface area (Å²) in [6.07, 6.45) is -4.85. The van der Waals surface area contributed by atoms with Crippen LogP contribution in [0.4, 0.5) is 13.2 Å². The molecule has 1 atom stereocenters. The zero-order valence-electron chi connectivity index (χ0n) is 12.2. The van der Waals surface area contributed by atoms with Crippen molar-refractivity contribution in [3.8, 4) is 5.75 Å². The fraction of sp³-hybridized carbons (Fsp3) is 0.286. The molecule has 0 radical (unpaired) electrons. The summed E-state index contributed by atoms with van der Waals surface area (Å²) < 4.78 is 46.5. The maximum Gasteiger partial charge on any atom is 0.573 e. The number of allylic oxidation sites excluding steroid dienone is 1. The number of methoxy groups -OCH3 is 1. The third-order valence-corrected chi connectivity index (χ3v) is 3.35. The highest BCUT2D eigenvalue weighted by Crippen LogP contribution is 2.35. The minimum Gasteiger partial charge on any atom is -0.466 e. The molecule has 0 bridgehead atoms. The molecule has 1 aromatic carbocycles. The molecule has 0 saturated carbocycles. The van der Waals surface area contributed by atoms with Crippen molar-refractivity contribution in [2.24, 2.45) is 0 Å². The lowest BCUT2D eigenvalue weighted by atomic mass is 9.95. The Bertz CT molecular complexity index is 673. The predicted molar refractivity (Wildman–Crippen MR) is 79.5 cm³/mol. The number of thiocarbonyl (C=S) groups is 1. The standard InChI is InChI=1S/C14H13F3N2O3S/c1-7-10(12(20)21-2)11(19-13(23)18-7)8-5-3-4-6-9(8)22-14(15,16)17/h3-6,11H,1-2H3,(H2,18,19,23). The van der Waals surface area contributed by atoms with Crippen LogP contribution in [-0.2, 0) is 9.53 Å². The average Bonchev–Trinajstić information content (AvgIpc) is 2.44. The lowest BCUT2D eigenvalue weighted by Crippen LogP contribution is -2.45. The number of alkyl halides is 3. The van der Waals surface area contributed by atoms with E-state index in [2.05, 4.69) is 15.4 Å². The number of carbonyl (C=O) groups excluding carboxylic acids is 1. The molecule has 1 aliphatic rings. The van der Waals surface area contributed by atoms with Gasteiger partial charge in [0, 0.05) is 11.3 Å². The Labute approximate surface area is 135 Å². The summed E-state index contributed by atoms with van der Waals surface area (Å²) in [6.45, 7) is 1.58. The first-order chi connectivity index (χ1) is 10.7. The predicted octanol–water partition coefficient (Wildman–Crippen LogP) is 2.55. The van der Waals surface area contributed by atoms with E-state index in [-0.39, 0.29) is 16.2 Å². The summed E-state index contributed by atoms with van der Waals surface area (Å²) in [6, 6.07) is 4.60. The molecule has 0 aromatic heterocycles. The maximum absolute atomic E-state index is 12.6. The van der Waals surface area contributed by atoms with Crippen molar-refractivity contribution in [3.63, 3.8) is 0 Å². The highest BCUT2D eigenvalue weighted by molar-refractivity contribution is 7.80. The van der Waals surface area contributed by atoms with Gasteiger partial charge in [-0.3, -0.25) is 0 Å². The van der Waals surface area contributed by atoms with E-state index in [9.17, 15) is 18.0 Å². The van der Waals surface area contributed by atoms with Gasteiger partial charge in [-0.1, -0.05) is 18.2 Å². The van der Waals surface area contributed by atoms with Crippen LogP contribution in [-0.4, -0.2) is 24.6 Å².